The molecule has 7 atom stereocenters. The second-order valence-corrected chi connectivity index (χ2v) is 14.9. The Labute approximate surface area is 230 Å². The molecule has 0 spiro atoms. The summed E-state index contributed by atoms with van der Waals surface area (Å²) in [5.41, 5.74) is 4.60. The van der Waals surface area contributed by atoms with Gasteiger partial charge >= 0.3 is 10.4 Å². The molecule has 2 N–H and O–H groups in total. The highest BCUT2D eigenvalue weighted by Gasteiger charge is 2.62. The van der Waals surface area contributed by atoms with Crippen LogP contribution in [0.4, 0.5) is 0 Å². The molecular weight excluding hydrogens is 500 g/mol. The van der Waals surface area contributed by atoms with E-state index in [-0.39, 0.29) is 22.9 Å². The maximum absolute atomic E-state index is 11.6. The SMILES string of the molecule is C=C(CCCC1CCC=C2C3=C(CC(OC)C21C)C1(C)CC(O)C(OS(=O)(=O)O)C(C)(C)C1CC3)C(C)C. The first-order chi connectivity index (χ1) is 17.6. The predicted molar refractivity (Wildman–Crippen MR) is 151 cm³/mol. The van der Waals surface area contributed by atoms with Gasteiger partial charge in [-0.2, -0.15) is 8.42 Å². The number of aliphatic hydroxyl groups is 1. The van der Waals surface area contributed by atoms with Crippen molar-refractivity contribution in [3.8, 4) is 0 Å². The maximum atomic E-state index is 11.6. The number of rotatable bonds is 8. The van der Waals surface area contributed by atoms with Crippen molar-refractivity contribution in [3.63, 3.8) is 0 Å². The van der Waals surface area contributed by atoms with Gasteiger partial charge in [-0.05, 0) is 97.5 Å². The fourth-order valence-corrected chi connectivity index (χ4v) is 9.71. The lowest BCUT2D eigenvalue weighted by Crippen LogP contribution is -2.60. The molecule has 0 saturated heterocycles. The second kappa shape index (κ2) is 10.4. The molecule has 4 aliphatic carbocycles. The molecule has 0 radical (unpaired) electrons. The Morgan fingerprint density at radius 2 is 1.89 bits per heavy atom. The fraction of sp³-hybridized carbons (Fsp3) is 0.806. The van der Waals surface area contributed by atoms with Crippen LogP contribution in [-0.2, 0) is 19.3 Å². The van der Waals surface area contributed by atoms with E-state index in [1.54, 1.807) is 0 Å². The van der Waals surface area contributed by atoms with Crippen LogP contribution in [-0.4, -0.2) is 43.5 Å². The van der Waals surface area contributed by atoms with Crippen molar-refractivity contribution in [2.75, 3.05) is 7.11 Å². The largest absolute Gasteiger partial charge is 0.397 e. The molecule has 1 saturated carbocycles. The molecule has 0 amide bonds. The fourth-order valence-electron chi connectivity index (χ4n) is 9.07. The van der Waals surface area contributed by atoms with E-state index in [2.05, 4.69) is 40.3 Å². The van der Waals surface area contributed by atoms with Crippen LogP contribution in [0.1, 0.15) is 99.3 Å². The molecule has 0 aromatic carbocycles. The Balaban J connectivity index is 1.69. The summed E-state index contributed by atoms with van der Waals surface area (Å²) in [7, 11) is -2.84. The molecule has 1 fully saturated rings. The topological polar surface area (TPSA) is 93.1 Å². The summed E-state index contributed by atoms with van der Waals surface area (Å²) >= 11 is 0. The van der Waals surface area contributed by atoms with E-state index < -0.39 is 28.0 Å². The van der Waals surface area contributed by atoms with E-state index in [9.17, 15) is 18.1 Å². The number of allylic oxidation sites excluding steroid dienone is 3. The minimum Gasteiger partial charge on any atom is -0.390 e. The minimum atomic E-state index is -4.68. The van der Waals surface area contributed by atoms with Gasteiger partial charge in [-0.25, -0.2) is 4.18 Å². The lowest BCUT2D eigenvalue weighted by Gasteiger charge is -2.62. The molecule has 0 aromatic rings. The quantitative estimate of drug-likeness (QED) is 0.254. The molecule has 216 valence electrons. The molecule has 6 nitrogen and oxygen atoms in total. The number of aliphatic hydroxyl groups excluding tert-OH is 1. The van der Waals surface area contributed by atoms with Crippen molar-refractivity contribution in [1.82, 2.24) is 0 Å². The van der Waals surface area contributed by atoms with Gasteiger partial charge in [0.1, 0.15) is 6.10 Å². The number of ether oxygens (including phenoxy) is 1. The zero-order valence-corrected chi connectivity index (χ0v) is 25.4. The van der Waals surface area contributed by atoms with Gasteiger partial charge in [0.05, 0.1) is 12.2 Å². The van der Waals surface area contributed by atoms with Gasteiger partial charge in [0.25, 0.3) is 0 Å². The number of hydrogen-bond acceptors (Lipinski definition) is 5. The van der Waals surface area contributed by atoms with Gasteiger partial charge in [0, 0.05) is 12.5 Å². The van der Waals surface area contributed by atoms with Crippen LogP contribution in [0.15, 0.2) is 34.9 Å². The van der Waals surface area contributed by atoms with Crippen LogP contribution in [0.5, 0.6) is 0 Å². The van der Waals surface area contributed by atoms with Crippen molar-refractivity contribution in [2.45, 2.75) is 118 Å². The van der Waals surface area contributed by atoms with Crippen molar-refractivity contribution < 1.29 is 27.0 Å². The average molecular weight is 551 g/mol. The Kier molecular flexibility index (Phi) is 8.24. The van der Waals surface area contributed by atoms with Crippen LogP contribution in [0, 0.1) is 34.0 Å². The second-order valence-electron chi connectivity index (χ2n) is 13.8. The molecule has 4 rings (SSSR count). The molecule has 0 aliphatic heterocycles. The van der Waals surface area contributed by atoms with E-state index in [4.69, 9.17) is 8.92 Å². The Morgan fingerprint density at radius 1 is 1.21 bits per heavy atom. The smallest absolute Gasteiger partial charge is 0.390 e. The van der Waals surface area contributed by atoms with Gasteiger partial charge in [-0.3, -0.25) is 4.55 Å². The van der Waals surface area contributed by atoms with E-state index in [0.717, 1.165) is 38.5 Å². The normalized spacial score (nSPS) is 38.8. The molecule has 0 bridgehead atoms. The monoisotopic (exact) mass is 550 g/mol. The van der Waals surface area contributed by atoms with Crippen LogP contribution >= 0.6 is 0 Å². The van der Waals surface area contributed by atoms with Crippen molar-refractivity contribution >= 4 is 10.4 Å². The van der Waals surface area contributed by atoms with Gasteiger partial charge in [0.2, 0.25) is 0 Å². The van der Waals surface area contributed by atoms with E-state index in [1.807, 2.05) is 21.0 Å². The highest BCUT2D eigenvalue weighted by molar-refractivity contribution is 7.80. The predicted octanol–water partition coefficient (Wildman–Crippen LogP) is 6.82. The Bertz CT molecular complexity index is 1100. The van der Waals surface area contributed by atoms with E-state index in [0.29, 0.717) is 18.3 Å². The number of hydrogen-bond donors (Lipinski definition) is 2. The third kappa shape index (κ3) is 5.00. The molecular formula is C31H50O6S. The maximum Gasteiger partial charge on any atom is 0.397 e. The first-order valence-electron chi connectivity index (χ1n) is 14.5. The van der Waals surface area contributed by atoms with Gasteiger partial charge < -0.3 is 9.84 Å². The lowest BCUT2D eigenvalue weighted by molar-refractivity contribution is -0.147. The molecule has 0 aromatic heterocycles. The minimum absolute atomic E-state index is 0.0480. The standard InChI is InChI=1S/C31H50O6S/c1-19(2)20(3)11-9-12-21-13-10-14-23-22-15-16-26-29(4,5)28(37-38(33,34)35)25(32)18-30(26,6)24(22)17-27(36-8)31(21,23)7/h14,19,21,25-28,32H,3,9-13,15-18H2,1-2,4-8H3,(H,33,34,35). The highest BCUT2D eigenvalue weighted by Crippen LogP contribution is 2.66. The molecule has 0 heterocycles. The zero-order chi connectivity index (χ0) is 28.3. The Hall–Kier alpha value is -0.990. The number of methoxy groups -OCH3 is 1. The Morgan fingerprint density at radius 3 is 2.50 bits per heavy atom. The van der Waals surface area contributed by atoms with Gasteiger partial charge in [-0.1, -0.05) is 65.3 Å². The molecule has 38 heavy (non-hydrogen) atoms. The third-order valence-corrected chi connectivity index (χ3v) is 11.6. The first kappa shape index (κ1) is 30.0. The zero-order valence-electron chi connectivity index (χ0n) is 24.5. The number of fused-ring (bicyclic) bond motifs is 4. The van der Waals surface area contributed by atoms with Crippen LogP contribution < -0.4 is 0 Å². The van der Waals surface area contributed by atoms with Crippen molar-refractivity contribution in [2.24, 2.45) is 34.0 Å². The van der Waals surface area contributed by atoms with Crippen LogP contribution in [0.2, 0.25) is 0 Å². The summed E-state index contributed by atoms with van der Waals surface area (Å²) in [6.45, 7) is 17.3. The summed E-state index contributed by atoms with van der Waals surface area (Å²) in [5.74, 6) is 1.18. The molecule has 7 heteroatoms. The average Bonchev–Trinajstić information content (AvgIpc) is 2.80. The summed E-state index contributed by atoms with van der Waals surface area (Å²) < 4.78 is 44.1. The van der Waals surface area contributed by atoms with Gasteiger partial charge in [0.15, 0.2) is 0 Å². The summed E-state index contributed by atoms with van der Waals surface area (Å²) in [6.07, 6.45) is 9.24. The summed E-state index contributed by atoms with van der Waals surface area (Å²) in [4.78, 5) is 0. The lowest BCUT2D eigenvalue weighted by atomic mass is 9.44. The van der Waals surface area contributed by atoms with Crippen LogP contribution in [0.25, 0.3) is 0 Å². The van der Waals surface area contributed by atoms with E-state index in [1.165, 1.54) is 35.1 Å². The molecule has 7 unspecified atom stereocenters. The summed E-state index contributed by atoms with van der Waals surface area (Å²) in [6, 6.07) is 0. The third-order valence-electron chi connectivity index (χ3n) is 11.2. The van der Waals surface area contributed by atoms with Crippen molar-refractivity contribution in [3.05, 3.63) is 34.9 Å². The highest BCUT2D eigenvalue weighted by atomic mass is 32.3. The van der Waals surface area contributed by atoms with Gasteiger partial charge in [-0.15, -0.1) is 0 Å². The van der Waals surface area contributed by atoms with Crippen LogP contribution in [0.3, 0.4) is 0 Å². The van der Waals surface area contributed by atoms with E-state index >= 15 is 0 Å². The molecule has 4 aliphatic rings. The first-order valence-corrected chi connectivity index (χ1v) is 15.9. The van der Waals surface area contributed by atoms with Crippen molar-refractivity contribution in [1.29, 1.82) is 0 Å². The summed E-state index contributed by atoms with van der Waals surface area (Å²) in [5, 5.41) is 11.2.